The molecule has 2 rings (SSSR count). The first-order chi connectivity index (χ1) is 8.72. The van der Waals surface area contributed by atoms with Crippen LogP contribution in [0.3, 0.4) is 0 Å². The van der Waals surface area contributed by atoms with Crippen LogP contribution in [0.2, 0.25) is 0 Å². The lowest BCUT2D eigenvalue weighted by atomic mass is 10.2. The molecule has 0 bridgehead atoms. The van der Waals surface area contributed by atoms with Gasteiger partial charge in [0, 0.05) is 24.1 Å². The molecule has 2 heterocycles. The Hall–Kier alpha value is -1.69. The summed E-state index contributed by atoms with van der Waals surface area (Å²) >= 11 is 1.64. The van der Waals surface area contributed by atoms with Crippen LogP contribution in [0.5, 0.6) is 0 Å². The molecule has 2 aromatic rings. The van der Waals surface area contributed by atoms with Crippen LogP contribution in [0.4, 0.5) is 11.6 Å². The first-order valence-electron chi connectivity index (χ1n) is 6.02. The number of aryl methyl sites for hydroxylation is 1. The van der Waals surface area contributed by atoms with E-state index in [9.17, 15) is 0 Å². The molecule has 6 heteroatoms. The Bertz CT molecular complexity index is 497. The SMILES string of the molecule is CCc1nc(N)cc(NC(CC)c2nccs2)n1. The van der Waals surface area contributed by atoms with Gasteiger partial charge in [-0.05, 0) is 6.42 Å². The monoisotopic (exact) mass is 263 g/mol. The van der Waals surface area contributed by atoms with Gasteiger partial charge >= 0.3 is 0 Å². The van der Waals surface area contributed by atoms with Crippen LogP contribution in [0.25, 0.3) is 0 Å². The lowest BCUT2D eigenvalue weighted by Gasteiger charge is -2.15. The minimum Gasteiger partial charge on any atom is -0.384 e. The maximum Gasteiger partial charge on any atom is 0.132 e. The minimum absolute atomic E-state index is 0.170. The quantitative estimate of drug-likeness (QED) is 0.867. The molecule has 2 aromatic heterocycles. The van der Waals surface area contributed by atoms with Gasteiger partial charge in [-0.15, -0.1) is 11.3 Å². The number of hydrogen-bond acceptors (Lipinski definition) is 6. The average Bonchev–Trinajstić information content (AvgIpc) is 2.89. The summed E-state index contributed by atoms with van der Waals surface area (Å²) in [5.41, 5.74) is 5.77. The van der Waals surface area contributed by atoms with Crippen LogP contribution in [0, 0.1) is 0 Å². The first kappa shape index (κ1) is 12.8. The normalized spacial score (nSPS) is 12.3. The Morgan fingerprint density at radius 2 is 2.22 bits per heavy atom. The molecule has 0 saturated heterocycles. The van der Waals surface area contributed by atoms with E-state index in [2.05, 4.69) is 27.2 Å². The van der Waals surface area contributed by atoms with E-state index in [1.54, 1.807) is 17.4 Å². The maximum atomic E-state index is 5.77. The molecule has 0 spiro atoms. The average molecular weight is 263 g/mol. The summed E-state index contributed by atoms with van der Waals surface area (Å²) in [7, 11) is 0. The van der Waals surface area contributed by atoms with E-state index < -0.39 is 0 Å². The number of nitrogen functional groups attached to an aromatic ring is 1. The van der Waals surface area contributed by atoms with Crippen LogP contribution >= 0.6 is 11.3 Å². The molecule has 0 aromatic carbocycles. The van der Waals surface area contributed by atoms with Crippen molar-refractivity contribution in [3.8, 4) is 0 Å². The fourth-order valence-corrected chi connectivity index (χ4v) is 2.45. The summed E-state index contributed by atoms with van der Waals surface area (Å²) in [5.74, 6) is 2.02. The molecule has 3 N–H and O–H groups in total. The molecule has 1 atom stereocenters. The molecule has 5 nitrogen and oxygen atoms in total. The van der Waals surface area contributed by atoms with Crippen molar-refractivity contribution in [2.75, 3.05) is 11.1 Å². The van der Waals surface area contributed by atoms with Crippen LogP contribution in [-0.4, -0.2) is 15.0 Å². The van der Waals surface area contributed by atoms with Crippen molar-refractivity contribution >= 4 is 23.0 Å². The molecule has 1 unspecified atom stereocenters. The molecule has 0 aliphatic heterocycles. The van der Waals surface area contributed by atoms with E-state index in [0.717, 1.165) is 29.5 Å². The molecular weight excluding hydrogens is 246 g/mol. The second-order valence-corrected chi connectivity index (χ2v) is 4.85. The Labute approximate surface area is 111 Å². The largest absolute Gasteiger partial charge is 0.384 e. The Kier molecular flexibility index (Phi) is 4.09. The zero-order chi connectivity index (χ0) is 13.0. The lowest BCUT2D eigenvalue weighted by Crippen LogP contribution is -2.12. The summed E-state index contributed by atoms with van der Waals surface area (Å²) in [6, 6.07) is 1.93. The number of aromatic nitrogens is 3. The third kappa shape index (κ3) is 2.95. The number of nitrogens with two attached hydrogens (primary N) is 1. The van der Waals surface area contributed by atoms with Gasteiger partial charge in [-0.25, -0.2) is 15.0 Å². The van der Waals surface area contributed by atoms with Gasteiger partial charge < -0.3 is 11.1 Å². The predicted molar refractivity (Wildman–Crippen MR) is 74.6 cm³/mol. The number of hydrogen-bond donors (Lipinski definition) is 2. The van der Waals surface area contributed by atoms with Crippen molar-refractivity contribution in [1.82, 2.24) is 15.0 Å². The fourth-order valence-electron chi connectivity index (χ4n) is 1.67. The Balaban J connectivity index is 2.19. The molecule has 0 aliphatic rings. The Morgan fingerprint density at radius 1 is 1.39 bits per heavy atom. The van der Waals surface area contributed by atoms with E-state index in [1.807, 2.05) is 18.5 Å². The van der Waals surface area contributed by atoms with Crippen molar-refractivity contribution in [2.24, 2.45) is 0 Å². The van der Waals surface area contributed by atoms with E-state index in [0.29, 0.717) is 5.82 Å². The molecule has 0 aliphatic carbocycles. The summed E-state index contributed by atoms with van der Waals surface area (Å²) in [6.07, 6.45) is 3.53. The smallest absolute Gasteiger partial charge is 0.132 e. The fraction of sp³-hybridized carbons (Fsp3) is 0.417. The van der Waals surface area contributed by atoms with E-state index in [-0.39, 0.29) is 6.04 Å². The third-order valence-corrected chi connectivity index (χ3v) is 3.48. The van der Waals surface area contributed by atoms with Crippen LogP contribution in [-0.2, 0) is 6.42 Å². The summed E-state index contributed by atoms with van der Waals surface area (Å²) in [4.78, 5) is 12.9. The molecular formula is C12H17N5S. The van der Waals surface area contributed by atoms with Crippen LogP contribution in [0.15, 0.2) is 17.6 Å². The number of anilines is 2. The zero-order valence-corrected chi connectivity index (χ0v) is 11.4. The molecule has 0 fully saturated rings. The van der Waals surface area contributed by atoms with Crippen molar-refractivity contribution < 1.29 is 0 Å². The van der Waals surface area contributed by atoms with Gasteiger partial charge in [0.15, 0.2) is 0 Å². The first-order valence-corrected chi connectivity index (χ1v) is 6.90. The number of rotatable bonds is 5. The number of thiazole rings is 1. The van der Waals surface area contributed by atoms with Crippen LogP contribution < -0.4 is 11.1 Å². The molecule has 0 radical (unpaired) electrons. The van der Waals surface area contributed by atoms with Gasteiger partial charge in [-0.1, -0.05) is 13.8 Å². The standard InChI is InChI=1S/C12H17N5S/c1-3-8(12-14-5-6-18-12)15-11-7-9(13)16-10(4-2)17-11/h5-8H,3-4H2,1-2H3,(H3,13,15,16,17). The predicted octanol–water partition coefficient (Wildman–Crippen LogP) is 2.64. The van der Waals surface area contributed by atoms with Gasteiger partial charge in [0.25, 0.3) is 0 Å². The van der Waals surface area contributed by atoms with Crippen molar-refractivity contribution in [2.45, 2.75) is 32.7 Å². The van der Waals surface area contributed by atoms with E-state index >= 15 is 0 Å². The minimum atomic E-state index is 0.170. The number of nitrogens with one attached hydrogen (secondary N) is 1. The highest BCUT2D eigenvalue weighted by molar-refractivity contribution is 7.09. The van der Waals surface area contributed by atoms with Crippen molar-refractivity contribution in [3.05, 3.63) is 28.5 Å². The zero-order valence-electron chi connectivity index (χ0n) is 10.6. The Morgan fingerprint density at radius 3 is 2.83 bits per heavy atom. The molecule has 18 heavy (non-hydrogen) atoms. The molecule has 96 valence electrons. The molecule has 0 saturated carbocycles. The van der Waals surface area contributed by atoms with Gasteiger partial charge in [0.1, 0.15) is 22.5 Å². The van der Waals surface area contributed by atoms with Crippen LogP contribution in [0.1, 0.15) is 37.1 Å². The second-order valence-electron chi connectivity index (χ2n) is 3.92. The summed E-state index contributed by atoms with van der Waals surface area (Å²) in [5, 5.41) is 6.40. The summed E-state index contributed by atoms with van der Waals surface area (Å²) in [6.45, 7) is 4.13. The van der Waals surface area contributed by atoms with Gasteiger partial charge in [0.2, 0.25) is 0 Å². The highest BCUT2D eigenvalue weighted by Gasteiger charge is 2.13. The molecule has 0 amide bonds. The lowest BCUT2D eigenvalue weighted by molar-refractivity contribution is 0.734. The topological polar surface area (TPSA) is 76.7 Å². The van der Waals surface area contributed by atoms with Gasteiger partial charge in [-0.3, -0.25) is 0 Å². The van der Waals surface area contributed by atoms with Crippen molar-refractivity contribution in [3.63, 3.8) is 0 Å². The highest BCUT2D eigenvalue weighted by atomic mass is 32.1. The van der Waals surface area contributed by atoms with Gasteiger partial charge in [0.05, 0.1) is 6.04 Å². The maximum absolute atomic E-state index is 5.77. The number of nitrogens with zero attached hydrogens (tertiary/aromatic N) is 3. The summed E-state index contributed by atoms with van der Waals surface area (Å²) < 4.78 is 0. The second kappa shape index (κ2) is 5.77. The van der Waals surface area contributed by atoms with Crippen molar-refractivity contribution in [1.29, 1.82) is 0 Å². The highest BCUT2D eigenvalue weighted by Crippen LogP contribution is 2.23. The van der Waals surface area contributed by atoms with E-state index in [4.69, 9.17) is 5.73 Å². The third-order valence-electron chi connectivity index (χ3n) is 2.59. The van der Waals surface area contributed by atoms with Gasteiger partial charge in [-0.2, -0.15) is 0 Å². The van der Waals surface area contributed by atoms with E-state index in [1.165, 1.54) is 0 Å².